The molecule has 0 radical (unpaired) electrons. The highest BCUT2D eigenvalue weighted by molar-refractivity contribution is 5.44. The van der Waals surface area contributed by atoms with Crippen LogP contribution < -0.4 is 14.8 Å². The van der Waals surface area contributed by atoms with Crippen LogP contribution >= 0.6 is 0 Å². The molecule has 1 N–H and O–H groups in total. The largest absolute Gasteiger partial charge is 0.496 e. The van der Waals surface area contributed by atoms with Gasteiger partial charge in [0.15, 0.2) is 0 Å². The lowest BCUT2D eigenvalue weighted by molar-refractivity contribution is 0.368. The first kappa shape index (κ1) is 16.8. The van der Waals surface area contributed by atoms with Gasteiger partial charge in [0.05, 0.1) is 26.1 Å². The molecular weight excluding hydrogens is 302 g/mol. The number of benzene rings is 1. The molecule has 0 saturated heterocycles. The van der Waals surface area contributed by atoms with E-state index in [4.69, 9.17) is 9.47 Å². The van der Waals surface area contributed by atoms with Crippen molar-refractivity contribution in [3.8, 4) is 11.5 Å². The molecule has 0 saturated carbocycles. The first-order chi connectivity index (χ1) is 11.7. The van der Waals surface area contributed by atoms with Gasteiger partial charge in [-0.25, -0.2) is 0 Å². The summed E-state index contributed by atoms with van der Waals surface area (Å²) in [5.74, 6) is 1.71. The van der Waals surface area contributed by atoms with Crippen molar-refractivity contribution in [2.24, 2.45) is 0 Å². The maximum absolute atomic E-state index is 5.51. The number of rotatable bonds is 6. The molecule has 1 aromatic carbocycles. The maximum Gasteiger partial charge on any atom is 0.127 e. The summed E-state index contributed by atoms with van der Waals surface area (Å²) in [4.78, 5) is 0. The molecule has 5 heteroatoms. The van der Waals surface area contributed by atoms with Crippen molar-refractivity contribution in [1.82, 2.24) is 15.1 Å². The van der Waals surface area contributed by atoms with Crippen molar-refractivity contribution < 1.29 is 9.47 Å². The van der Waals surface area contributed by atoms with Crippen LogP contribution in [0.3, 0.4) is 0 Å². The number of ether oxygens (including phenoxy) is 2. The van der Waals surface area contributed by atoms with Crippen molar-refractivity contribution in [1.29, 1.82) is 0 Å². The Balaban J connectivity index is 1.84. The lowest BCUT2D eigenvalue weighted by Crippen LogP contribution is -2.28. The number of fused-ring (bicyclic) bond motifs is 1. The predicted molar refractivity (Wildman–Crippen MR) is 94.7 cm³/mol. The van der Waals surface area contributed by atoms with Crippen molar-refractivity contribution in [2.45, 2.75) is 51.7 Å². The third-order valence-electron chi connectivity index (χ3n) is 4.73. The van der Waals surface area contributed by atoms with Crippen LogP contribution in [0.1, 0.15) is 55.6 Å². The van der Waals surface area contributed by atoms with Gasteiger partial charge in [-0.15, -0.1) is 0 Å². The molecule has 1 atom stereocenters. The van der Waals surface area contributed by atoms with Crippen LogP contribution in [0.25, 0.3) is 0 Å². The highest BCUT2D eigenvalue weighted by Crippen LogP contribution is 2.33. The van der Waals surface area contributed by atoms with Crippen molar-refractivity contribution >= 4 is 0 Å². The van der Waals surface area contributed by atoms with Crippen LogP contribution in [-0.4, -0.2) is 24.0 Å². The lowest BCUT2D eigenvalue weighted by Gasteiger charge is -2.27. The first-order valence-electron chi connectivity index (χ1n) is 8.65. The van der Waals surface area contributed by atoms with Gasteiger partial charge in [-0.05, 0) is 50.8 Å². The fourth-order valence-corrected chi connectivity index (χ4v) is 3.55. The quantitative estimate of drug-likeness (QED) is 0.879. The summed E-state index contributed by atoms with van der Waals surface area (Å²) < 4.78 is 13.2. The van der Waals surface area contributed by atoms with Gasteiger partial charge in [-0.2, -0.15) is 5.10 Å². The molecule has 130 valence electrons. The number of hydrogen-bond donors (Lipinski definition) is 1. The molecule has 1 heterocycles. The van der Waals surface area contributed by atoms with E-state index in [1.807, 2.05) is 24.4 Å². The topological polar surface area (TPSA) is 48.3 Å². The van der Waals surface area contributed by atoms with E-state index in [2.05, 4.69) is 28.9 Å². The Kier molecular flexibility index (Phi) is 5.09. The smallest absolute Gasteiger partial charge is 0.127 e. The molecule has 24 heavy (non-hydrogen) atoms. The van der Waals surface area contributed by atoms with E-state index >= 15 is 0 Å². The van der Waals surface area contributed by atoms with Crippen LogP contribution in [0.4, 0.5) is 0 Å². The Morgan fingerprint density at radius 2 is 1.96 bits per heavy atom. The zero-order chi connectivity index (χ0) is 17.1. The Morgan fingerprint density at radius 1 is 1.25 bits per heavy atom. The van der Waals surface area contributed by atoms with Crippen molar-refractivity contribution in [3.63, 3.8) is 0 Å². The zero-order valence-electron chi connectivity index (χ0n) is 15.0. The maximum atomic E-state index is 5.51. The lowest BCUT2D eigenvalue weighted by atomic mass is 9.93. The van der Waals surface area contributed by atoms with Crippen LogP contribution in [0.5, 0.6) is 11.5 Å². The molecule has 0 bridgehead atoms. The molecule has 3 rings (SSSR count). The number of aromatic nitrogens is 2. The van der Waals surface area contributed by atoms with Gasteiger partial charge in [-0.3, -0.25) is 4.68 Å². The summed E-state index contributed by atoms with van der Waals surface area (Å²) >= 11 is 0. The summed E-state index contributed by atoms with van der Waals surface area (Å²) in [6.07, 6.45) is 5.48. The SMILES string of the molecule is COc1cccc(OC)c1CNC1CCCc2cnn(C(C)C)c21. The van der Waals surface area contributed by atoms with Gasteiger partial charge in [0.2, 0.25) is 0 Å². The summed E-state index contributed by atoms with van der Waals surface area (Å²) in [6.45, 7) is 5.07. The Labute approximate surface area is 144 Å². The van der Waals surface area contributed by atoms with Crippen LogP contribution in [-0.2, 0) is 13.0 Å². The minimum absolute atomic E-state index is 0.313. The highest BCUT2D eigenvalue weighted by atomic mass is 16.5. The molecule has 1 aliphatic rings. The van der Waals surface area contributed by atoms with E-state index in [0.29, 0.717) is 18.6 Å². The van der Waals surface area contributed by atoms with Crippen molar-refractivity contribution in [3.05, 3.63) is 41.2 Å². The zero-order valence-corrected chi connectivity index (χ0v) is 15.0. The summed E-state index contributed by atoms with van der Waals surface area (Å²) in [7, 11) is 3.40. The minimum atomic E-state index is 0.313. The van der Waals surface area contributed by atoms with E-state index in [0.717, 1.165) is 29.9 Å². The van der Waals surface area contributed by atoms with Gasteiger partial charge in [0, 0.05) is 24.2 Å². The third-order valence-corrected chi connectivity index (χ3v) is 4.73. The molecule has 5 nitrogen and oxygen atoms in total. The summed E-state index contributed by atoms with van der Waals surface area (Å²) in [5.41, 5.74) is 3.77. The number of nitrogens with one attached hydrogen (secondary N) is 1. The normalized spacial score (nSPS) is 17.0. The summed E-state index contributed by atoms with van der Waals surface area (Å²) in [5, 5.41) is 8.30. The predicted octanol–water partition coefficient (Wildman–Crippen LogP) is 3.65. The molecule has 1 aromatic heterocycles. The molecule has 0 spiro atoms. The van der Waals surface area contributed by atoms with Gasteiger partial charge in [0.1, 0.15) is 11.5 Å². The average Bonchev–Trinajstić information content (AvgIpc) is 3.04. The van der Waals surface area contributed by atoms with Gasteiger partial charge in [0.25, 0.3) is 0 Å². The second kappa shape index (κ2) is 7.26. The van der Waals surface area contributed by atoms with Crippen LogP contribution in [0.15, 0.2) is 24.4 Å². The fraction of sp³-hybridized carbons (Fsp3) is 0.526. The number of aryl methyl sites for hydroxylation is 1. The van der Waals surface area contributed by atoms with E-state index < -0.39 is 0 Å². The third kappa shape index (κ3) is 3.13. The van der Waals surface area contributed by atoms with Gasteiger partial charge < -0.3 is 14.8 Å². The summed E-state index contributed by atoms with van der Waals surface area (Å²) in [6, 6.07) is 6.59. The van der Waals surface area contributed by atoms with E-state index in [-0.39, 0.29) is 0 Å². The van der Waals surface area contributed by atoms with Gasteiger partial charge >= 0.3 is 0 Å². The highest BCUT2D eigenvalue weighted by Gasteiger charge is 2.26. The molecule has 0 amide bonds. The van der Waals surface area contributed by atoms with E-state index in [1.54, 1.807) is 14.2 Å². The molecule has 1 aliphatic carbocycles. The molecular formula is C19H27N3O2. The fourth-order valence-electron chi connectivity index (χ4n) is 3.55. The second-order valence-corrected chi connectivity index (χ2v) is 6.56. The van der Waals surface area contributed by atoms with Crippen LogP contribution in [0, 0.1) is 0 Å². The first-order valence-corrected chi connectivity index (χ1v) is 8.65. The van der Waals surface area contributed by atoms with E-state index in [9.17, 15) is 0 Å². The number of methoxy groups -OCH3 is 2. The number of nitrogens with zero attached hydrogens (tertiary/aromatic N) is 2. The second-order valence-electron chi connectivity index (χ2n) is 6.56. The minimum Gasteiger partial charge on any atom is -0.496 e. The monoisotopic (exact) mass is 329 g/mol. The van der Waals surface area contributed by atoms with Crippen LogP contribution in [0.2, 0.25) is 0 Å². The average molecular weight is 329 g/mol. The Morgan fingerprint density at radius 3 is 2.58 bits per heavy atom. The van der Waals surface area contributed by atoms with E-state index in [1.165, 1.54) is 17.7 Å². The molecule has 0 fully saturated rings. The molecule has 2 aromatic rings. The Bertz CT molecular complexity index is 672. The van der Waals surface area contributed by atoms with Gasteiger partial charge in [-0.1, -0.05) is 6.07 Å². The number of hydrogen-bond acceptors (Lipinski definition) is 4. The molecule has 0 aliphatic heterocycles. The van der Waals surface area contributed by atoms with Crippen molar-refractivity contribution in [2.75, 3.05) is 14.2 Å². The molecule has 1 unspecified atom stereocenters. The standard InChI is InChI=1S/C19H27N3O2/c1-13(2)22-19-14(11-21-22)7-5-8-16(19)20-12-15-17(23-3)9-6-10-18(15)24-4/h6,9-11,13,16,20H,5,7-8,12H2,1-4H3. The Hall–Kier alpha value is -2.01.